The standard InChI is InChI=1S/C10H11ClN4/c1-7(2)8-5-14-15(6-8)10-9(11)12-3-4-13-10/h3-7H,1-2H3. The first-order valence-electron chi connectivity index (χ1n) is 4.70. The lowest BCUT2D eigenvalue weighted by Gasteiger charge is -2.01. The van der Waals surface area contributed by atoms with Crippen LogP contribution in [0, 0.1) is 0 Å². The largest absolute Gasteiger partial charge is 0.239 e. The Morgan fingerprint density at radius 2 is 2.00 bits per heavy atom. The van der Waals surface area contributed by atoms with Crippen LogP contribution in [0.4, 0.5) is 0 Å². The van der Waals surface area contributed by atoms with Gasteiger partial charge < -0.3 is 0 Å². The van der Waals surface area contributed by atoms with Gasteiger partial charge in [-0.2, -0.15) is 5.10 Å². The maximum Gasteiger partial charge on any atom is 0.191 e. The second kappa shape index (κ2) is 3.98. The smallest absolute Gasteiger partial charge is 0.191 e. The molecule has 78 valence electrons. The highest BCUT2D eigenvalue weighted by molar-refractivity contribution is 6.30. The minimum Gasteiger partial charge on any atom is -0.239 e. The van der Waals surface area contributed by atoms with Gasteiger partial charge in [-0.05, 0) is 11.5 Å². The molecule has 0 atom stereocenters. The number of hydrogen-bond acceptors (Lipinski definition) is 3. The average Bonchev–Trinajstić information content (AvgIpc) is 2.67. The summed E-state index contributed by atoms with van der Waals surface area (Å²) < 4.78 is 1.64. The van der Waals surface area contributed by atoms with Crippen LogP contribution in [0.2, 0.25) is 5.15 Å². The van der Waals surface area contributed by atoms with Crippen LogP contribution in [-0.4, -0.2) is 19.7 Å². The second-order valence-corrected chi connectivity index (χ2v) is 3.90. The molecule has 0 amide bonds. The van der Waals surface area contributed by atoms with E-state index >= 15 is 0 Å². The van der Waals surface area contributed by atoms with Crippen LogP contribution in [0.25, 0.3) is 5.82 Å². The molecule has 0 unspecified atom stereocenters. The van der Waals surface area contributed by atoms with E-state index in [1.807, 2.05) is 12.4 Å². The lowest BCUT2D eigenvalue weighted by Crippen LogP contribution is -1.99. The maximum absolute atomic E-state index is 5.91. The fourth-order valence-electron chi connectivity index (χ4n) is 1.22. The molecular weight excluding hydrogens is 212 g/mol. The van der Waals surface area contributed by atoms with Crippen molar-refractivity contribution >= 4 is 11.6 Å². The van der Waals surface area contributed by atoms with Crippen LogP contribution in [0.5, 0.6) is 0 Å². The summed E-state index contributed by atoms with van der Waals surface area (Å²) in [7, 11) is 0. The van der Waals surface area contributed by atoms with Gasteiger partial charge in [0.25, 0.3) is 0 Å². The Morgan fingerprint density at radius 3 is 2.60 bits per heavy atom. The Morgan fingerprint density at radius 1 is 1.27 bits per heavy atom. The third-order valence-corrected chi connectivity index (χ3v) is 2.39. The maximum atomic E-state index is 5.91. The van der Waals surface area contributed by atoms with Gasteiger partial charge in [0, 0.05) is 18.6 Å². The Hall–Kier alpha value is -1.42. The van der Waals surface area contributed by atoms with Crippen LogP contribution < -0.4 is 0 Å². The molecule has 15 heavy (non-hydrogen) atoms. The molecule has 0 aliphatic rings. The predicted molar refractivity (Wildman–Crippen MR) is 58.3 cm³/mol. The van der Waals surface area contributed by atoms with Crippen molar-refractivity contribution in [3.63, 3.8) is 0 Å². The number of aromatic nitrogens is 4. The second-order valence-electron chi connectivity index (χ2n) is 3.54. The molecule has 0 aliphatic carbocycles. The Bertz CT molecular complexity index is 464. The van der Waals surface area contributed by atoms with E-state index in [0.29, 0.717) is 16.9 Å². The first-order valence-corrected chi connectivity index (χ1v) is 5.07. The number of hydrogen-bond donors (Lipinski definition) is 0. The molecule has 0 aliphatic heterocycles. The molecule has 0 saturated carbocycles. The van der Waals surface area contributed by atoms with Crippen LogP contribution in [0.15, 0.2) is 24.8 Å². The molecule has 0 saturated heterocycles. The lowest BCUT2D eigenvalue weighted by atomic mass is 10.1. The fraction of sp³-hybridized carbons (Fsp3) is 0.300. The zero-order valence-electron chi connectivity index (χ0n) is 8.55. The monoisotopic (exact) mass is 222 g/mol. The van der Waals surface area contributed by atoms with Crippen molar-refractivity contribution < 1.29 is 0 Å². The third-order valence-electron chi connectivity index (χ3n) is 2.12. The molecule has 4 nitrogen and oxygen atoms in total. The highest BCUT2D eigenvalue weighted by Crippen LogP contribution is 2.17. The molecule has 0 radical (unpaired) electrons. The summed E-state index contributed by atoms with van der Waals surface area (Å²) in [6, 6.07) is 0. The minimum atomic E-state index is 0.357. The Kier molecular flexibility index (Phi) is 2.68. The molecule has 5 heteroatoms. The van der Waals surface area contributed by atoms with Crippen molar-refractivity contribution in [2.45, 2.75) is 19.8 Å². The van der Waals surface area contributed by atoms with E-state index in [1.165, 1.54) is 0 Å². The minimum absolute atomic E-state index is 0.357. The van der Waals surface area contributed by atoms with E-state index in [0.717, 1.165) is 5.56 Å². The van der Waals surface area contributed by atoms with Crippen LogP contribution in [0.3, 0.4) is 0 Å². The van der Waals surface area contributed by atoms with E-state index in [2.05, 4.69) is 28.9 Å². The summed E-state index contributed by atoms with van der Waals surface area (Å²) in [4.78, 5) is 8.08. The predicted octanol–water partition coefficient (Wildman–Crippen LogP) is 2.44. The number of rotatable bonds is 2. The summed E-state index contributed by atoms with van der Waals surface area (Å²) in [5.74, 6) is 1.00. The first kappa shape index (κ1) is 10.1. The summed E-state index contributed by atoms with van der Waals surface area (Å²) in [6.45, 7) is 4.22. The van der Waals surface area contributed by atoms with E-state index in [4.69, 9.17) is 11.6 Å². The van der Waals surface area contributed by atoms with Gasteiger partial charge in [-0.15, -0.1) is 0 Å². The third kappa shape index (κ3) is 1.99. The van der Waals surface area contributed by atoms with E-state index in [9.17, 15) is 0 Å². The van der Waals surface area contributed by atoms with Crippen LogP contribution >= 0.6 is 11.6 Å². The zero-order chi connectivity index (χ0) is 10.8. The molecule has 0 bridgehead atoms. The molecule has 2 aromatic rings. The highest BCUT2D eigenvalue weighted by atomic mass is 35.5. The fourth-order valence-corrected chi connectivity index (χ4v) is 1.41. The molecule has 0 N–H and O–H groups in total. The molecular formula is C10H11ClN4. The quantitative estimate of drug-likeness (QED) is 0.784. The van der Waals surface area contributed by atoms with Gasteiger partial charge in [-0.3, -0.25) is 0 Å². The first-order chi connectivity index (χ1) is 7.18. The van der Waals surface area contributed by atoms with Crippen molar-refractivity contribution in [3.8, 4) is 5.82 Å². The van der Waals surface area contributed by atoms with Crippen molar-refractivity contribution in [2.24, 2.45) is 0 Å². The lowest BCUT2D eigenvalue weighted by molar-refractivity contribution is 0.832. The van der Waals surface area contributed by atoms with Gasteiger partial charge in [0.05, 0.1) is 6.20 Å². The summed E-state index contributed by atoms with van der Waals surface area (Å²) in [6.07, 6.45) is 6.88. The van der Waals surface area contributed by atoms with Crippen molar-refractivity contribution in [1.29, 1.82) is 0 Å². The van der Waals surface area contributed by atoms with Gasteiger partial charge in [0.2, 0.25) is 0 Å². The van der Waals surface area contributed by atoms with E-state index in [1.54, 1.807) is 17.1 Å². The average molecular weight is 223 g/mol. The zero-order valence-corrected chi connectivity index (χ0v) is 9.31. The molecule has 2 heterocycles. The molecule has 0 spiro atoms. The summed E-state index contributed by atoms with van der Waals surface area (Å²) in [5.41, 5.74) is 1.15. The number of nitrogens with zero attached hydrogens (tertiary/aromatic N) is 4. The van der Waals surface area contributed by atoms with Crippen molar-refractivity contribution in [2.75, 3.05) is 0 Å². The van der Waals surface area contributed by atoms with Crippen molar-refractivity contribution in [1.82, 2.24) is 19.7 Å². The molecule has 2 aromatic heterocycles. The van der Waals surface area contributed by atoms with E-state index < -0.39 is 0 Å². The SMILES string of the molecule is CC(C)c1cnn(-c2nccnc2Cl)c1. The summed E-state index contributed by atoms with van der Waals surface area (Å²) in [5, 5.41) is 4.56. The van der Waals surface area contributed by atoms with Crippen molar-refractivity contribution in [3.05, 3.63) is 35.5 Å². The normalized spacial score (nSPS) is 10.9. The van der Waals surface area contributed by atoms with Gasteiger partial charge in [0.1, 0.15) is 0 Å². The van der Waals surface area contributed by atoms with Gasteiger partial charge >= 0.3 is 0 Å². The summed E-state index contributed by atoms with van der Waals surface area (Å²) >= 11 is 5.91. The van der Waals surface area contributed by atoms with Crippen LogP contribution in [0.1, 0.15) is 25.3 Å². The molecule has 0 fully saturated rings. The van der Waals surface area contributed by atoms with E-state index in [-0.39, 0.29) is 0 Å². The topological polar surface area (TPSA) is 43.6 Å². The highest BCUT2D eigenvalue weighted by Gasteiger charge is 2.08. The Balaban J connectivity index is 2.42. The molecule has 0 aromatic carbocycles. The van der Waals surface area contributed by atoms with Crippen LogP contribution in [-0.2, 0) is 0 Å². The van der Waals surface area contributed by atoms with Gasteiger partial charge in [-0.25, -0.2) is 14.6 Å². The molecule has 2 rings (SSSR count). The number of halogens is 1. The van der Waals surface area contributed by atoms with Gasteiger partial charge in [-0.1, -0.05) is 25.4 Å². The van der Waals surface area contributed by atoms with Gasteiger partial charge in [0.15, 0.2) is 11.0 Å². The Labute approximate surface area is 92.9 Å².